The van der Waals surface area contributed by atoms with Crippen molar-refractivity contribution in [1.82, 2.24) is 0 Å². The number of fused-ring (bicyclic) bond motifs is 17. The number of para-hydroxylation sites is 7. The third kappa shape index (κ3) is 10.7. The molecule has 5 heterocycles. The highest BCUT2D eigenvalue weighted by Crippen LogP contribution is 2.57. The molecule has 556 valence electrons. The molecule has 0 N–H and O–H groups in total. The molecule has 8 nitrogen and oxygen atoms in total. The standard InChI is InChI=1S/C107H82BN5O3/c1-105(2,3)69-49-53-73(54-50-69)111-91-63-77(113(89-44-27-41-83-81-38-19-23-46-96(81)114-102(83)89)90-45-28-42-84-82-39-20-24-47-97(82)115-103(84)90)58-60-88(91)108-100-93(111)64-78(109(71-32-14-10-15-33-71)76-57-59-80-79-37-18-22-43-86(79)107(7,8)87(80)62-76)65-94(100)112(74-55-51-70(52-56-74)106(4,5)6)95-66-92(99-85-40-21-25-48-98(85)116-104(99)101(95)108)110(72-34-16-11-17-35-72)75-36-26-31-68(61-75)67-29-12-9-13-30-67/h9-66H,1-8H3. The van der Waals surface area contributed by atoms with Crippen LogP contribution in [-0.4, -0.2) is 6.71 Å². The van der Waals surface area contributed by atoms with Gasteiger partial charge in [-0.2, -0.15) is 0 Å². The number of nitrogens with zero attached hydrogens (tertiary/aromatic N) is 5. The molecule has 22 rings (SSSR count). The van der Waals surface area contributed by atoms with E-state index in [2.05, 4.69) is 432 Å². The second kappa shape index (κ2) is 26.0. The maximum Gasteiger partial charge on any atom is 0.257 e. The molecule has 1 aliphatic carbocycles. The van der Waals surface area contributed by atoms with E-state index in [1.807, 2.05) is 0 Å². The monoisotopic (exact) mass is 1500 g/mol. The predicted octanol–water partition coefficient (Wildman–Crippen LogP) is 28.4. The minimum absolute atomic E-state index is 0.138. The van der Waals surface area contributed by atoms with Gasteiger partial charge in [0, 0.05) is 94.9 Å². The molecule has 2 aliphatic heterocycles. The third-order valence-electron chi connectivity index (χ3n) is 24.7. The predicted molar refractivity (Wildman–Crippen MR) is 487 cm³/mol. The number of rotatable bonds is 12. The summed E-state index contributed by atoms with van der Waals surface area (Å²) in [5.74, 6) is 0. The lowest BCUT2D eigenvalue weighted by atomic mass is 9.33. The lowest BCUT2D eigenvalue weighted by Gasteiger charge is -2.45. The molecule has 0 atom stereocenters. The maximum atomic E-state index is 7.90. The highest BCUT2D eigenvalue weighted by molar-refractivity contribution is 7.01. The Bertz CT molecular complexity index is 7060. The van der Waals surface area contributed by atoms with Crippen molar-refractivity contribution in [3.63, 3.8) is 0 Å². The van der Waals surface area contributed by atoms with Gasteiger partial charge in [-0.05, 0) is 205 Å². The summed E-state index contributed by atoms with van der Waals surface area (Å²) in [5, 5.41) is 6.16. The summed E-state index contributed by atoms with van der Waals surface area (Å²) in [4.78, 5) is 12.5. The molecular formula is C107H82BN5O3. The van der Waals surface area contributed by atoms with Gasteiger partial charge < -0.3 is 37.8 Å². The van der Waals surface area contributed by atoms with Gasteiger partial charge in [-0.25, -0.2) is 0 Å². The average Bonchev–Trinajstić information content (AvgIpc) is 1.05. The lowest BCUT2D eigenvalue weighted by Crippen LogP contribution is -2.61. The molecule has 16 aromatic carbocycles. The highest BCUT2D eigenvalue weighted by atomic mass is 16.3. The number of hydrogen-bond donors (Lipinski definition) is 0. The second-order valence-electron chi connectivity index (χ2n) is 34.0. The zero-order valence-corrected chi connectivity index (χ0v) is 66.0. The lowest BCUT2D eigenvalue weighted by molar-refractivity contribution is 0.590. The zero-order valence-electron chi connectivity index (χ0n) is 66.0. The van der Waals surface area contributed by atoms with Crippen LogP contribution in [0.3, 0.4) is 0 Å². The second-order valence-corrected chi connectivity index (χ2v) is 34.0. The fourth-order valence-electron chi connectivity index (χ4n) is 19.1. The van der Waals surface area contributed by atoms with Crippen LogP contribution in [0.1, 0.15) is 77.6 Å². The van der Waals surface area contributed by atoms with Gasteiger partial charge in [0.1, 0.15) is 22.3 Å². The van der Waals surface area contributed by atoms with E-state index in [-0.39, 0.29) is 16.2 Å². The van der Waals surface area contributed by atoms with Crippen molar-refractivity contribution in [3.8, 4) is 22.3 Å². The number of hydrogen-bond acceptors (Lipinski definition) is 8. The molecular weight excluding hydrogens is 1410 g/mol. The molecule has 0 amide bonds. The van der Waals surface area contributed by atoms with Crippen LogP contribution in [0, 0.1) is 0 Å². The van der Waals surface area contributed by atoms with Crippen LogP contribution < -0.4 is 40.9 Å². The zero-order chi connectivity index (χ0) is 78.0. The Kier molecular flexibility index (Phi) is 15.4. The first-order valence-corrected chi connectivity index (χ1v) is 40.4. The summed E-state index contributed by atoms with van der Waals surface area (Å²) in [7, 11) is 0. The first kappa shape index (κ1) is 68.8. The Morgan fingerprint density at radius 3 is 1.34 bits per heavy atom. The fraction of sp³-hybridized carbons (Fsp3) is 0.103. The van der Waals surface area contributed by atoms with Gasteiger partial charge in [-0.1, -0.05) is 274 Å². The van der Waals surface area contributed by atoms with E-state index in [1.165, 1.54) is 33.4 Å². The summed E-state index contributed by atoms with van der Waals surface area (Å²) in [6, 6.07) is 130. The highest BCUT2D eigenvalue weighted by Gasteiger charge is 2.48. The van der Waals surface area contributed by atoms with E-state index in [1.54, 1.807) is 0 Å². The molecule has 0 spiro atoms. The van der Waals surface area contributed by atoms with Gasteiger partial charge >= 0.3 is 0 Å². The summed E-state index contributed by atoms with van der Waals surface area (Å²) in [6.07, 6.45) is 0. The third-order valence-corrected chi connectivity index (χ3v) is 24.7. The largest absolute Gasteiger partial charge is 0.456 e. The van der Waals surface area contributed by atoms with Gasteiger partial charge in [0.25, 0.3) is 6.71 Å². The first-order chi connectivity index (χ1) is 56.6. The van der Waals surface area contributed by atoms with Crippen molar-refractivity contribution in [3.05, 3.63) is 374 Å². The van der Waals surface area contributed by atoms with Crippen LogP contribution in [0.5, 0.6) is 0 Å². The smallest absolute Gasteiger partial charge is 0.257 e. The fourth-order valence-corrected chi connectivity index (χ4v) is 19.1. The molecule has 0 saturated heterocycles. The van der Waals surface area contributed by atoms with Crippen LogP contribution in [-0.2, 0) is 16.2 Å². The van der Waals surface area contributed by atoms with E-state index in [0.29, 0.717) is 0 Å². The van der Waals surface area contributed by atoms with Crippen molar-refractivity contribution in [2.24, 2.45) is 0 Å². The number of furan rings is 3. The molecule has 3 aromatic heterocycles. The van der Waals surface area contributed by atoms with Crippen LogP contribution in [0.15, 0.2) is 365 Å². The van der Waals surface area contributed by atoms with Gasteiger partial charge in [-0.15, -0.1) is 0 Å². The summed E-state index contributed by atoms with van der Waals surface area (Å²) in [6.45, 7) is 18.1. The topological polar surface area (TPSA) is 55.6 Å². The first-order valence-electron chi connectivity index (χ1n) is 40.4. The summed E-state index contributed by atoms with van der Waals surface area (Å²) < 4.78 is 22.2. The molecule has 0 radical (unpaired) electrons. The quantitative estimate of drug-likeness (QED) is 0.112. The Labute approximate surface area is 675 Å². The van der Waals surface area contributed by atoms with Gasteiger partial charge in [0.2, 0.25) is 0 Å². The minimum Gasteiger partial charge on any atom is -0.456 e. The summed E-state index contributed by atoms with van der Waals surface area (Å²) >= 11 is 0. The molecule has 0 fully saturated rings. The Hall–Kier alpha value is -14.0. The average molecular weight is 1500 g/mol. The van der Waals surface area contributed by atoms with Crippen LogP contribution in [0.2, 0.25) is 0 Å². The normalized spacial score (nSPS) is 13.4. The SMILES string of the molecule is CC(C)(C)c1ccc(N2c3cc(N(c4cccc5c4oc4ccccc45)c4cccc5c4oc4ccccc45)ccc3B3c4c2cc(N(c2ccccc2)c2ccc5c(c2)C(C)(C)c2ccccc2-5)cc4N(c2ccc(C(C)(C)C)cc2)c2cc(N(c4ccccc4)c4cccc(-c5ccccc5)c4)c4c(oc5ccccc54)c23)cc1. The molecule has 3 aliphatic rings. The molecule has 0 bridgehead atoms. The van der Waals surface area contributed by atoms with Crippen LogP contribution in [0.4, 0.5) is 85.3 Å². The van der Waals surface area contributed by atoms with Gasteiger partial charge in [0.05, 0.1) is 28.1 Å². The molecule has 0 unspecified atom stereocenters. The van der Waals surface area contributed by atoms with Crippen LogP contribution in [0.25, 0.3) is 88.1 Å². The van der Waals surface area contributed by atoms with E-state index >= 15 is 0 Å². The van der Waals surface area contributed by atoms with Gasteiger partial charge in [0.15, 0.2) is 11.2 Å². The van der Waals surface area contributed by atoms with Crippen LogP contribution >= 0.6 is 0 Å². The van der Waals surface area contributed by atoms with E-state index in [0.717, 1.165) is 179 Å². The maximum absolute atomic E-state index is 7.90. The molecule has 19 aromatic rings. The van der Waals surface area contributed by atoms with Crippen molar-refractivity contribution < 1.29 is 13.3 Å². The number of anilines is 15. The van der Waals surface area contributed by atoms with E-state index < -0.39 is 6.71 Å². The molecule has 9 heteroatoms. The number of benzene rings is 16. The summed E-state index contributed by atoms with van der Waals surface area (Å²) in [5.41, 5.74) is 32.2. The minimum atomic E-state index is -0.456. The van der Waals surface area contributed by atoms with Crippen molar-refractivity contribution >= 4 is 174 Å². The van der Waals surface area contributed by atoms with Gasteiger partial charge in [-0.3, -0.25) is 0 Å². The Morgan fingerprint density at radius 2 is 0.733 bits per heavy atom. The van der Waals surface area contributed by atoms with Crippen molar-refractivity contribution in [2.75, 3.05) is 24.5 Å². The van der Waals surface area contributed by atoms with E-state index in [9.17, 15) is 0 Å². The Morgan fingerprint density at radius 1 is 0.293 bits per heavy atom. The van der Waals surface area contributed by atoms with E-state index in [4.69, 9.17) is 13.3 Å². The molecule has 0 saturated carbocycles. The van der Waals surface area contributed by atoms with Crippen molar-refractivity contribution in [2.45, 2.75) is 71.6 Å². The molecule has 116 heavy (non-hydrogen) atoms. The Balaban J connectivity index is 0.891. The van der Waals surface area contributed by atoms with Crippen molar-refractivity contribution in [1.29, 1.82) is 0 Å².